The highest BCUT2D eigenvalue weighted by molar-refractivity contribution is 5.68. The maximum absolute atomic E-state index is 11.5. The van der Waals surface area contributed by atoms with Crippen LogP contribution < -0.4 is 0 Å². The molecule has 0 N–H and O–H groups in total. The molecule has 0 bridgehead atoms. The molecule has 0 unspecified atom stereocenters. The molecule has 94 valence electrons. The fraction of sp³-hybridized carbons (Fsp3) is 0.727. The molecule has 1 aromatic heterocycles. The van der Waals surface area contributed by atoms with Crippen LogP contribution in [0.15, 0.2) is 4.42 Å². The molecule has 17 heavy (non-hydrogen) atoms. The van der Waals surface area contributed by atoms with Crippen LogP contribution in [-0.4, -0.2) is 40.4 Å². The van der Waals surface area contributed by atoms with Gasteiger partial charge in [0.25, 0.3) is 0 Å². The Labute approximate surface area is 99.9 Å². The average molecular weight is 239 g/mol. The van der Waals surface area contributed by atoms with Crippen molar-refractivity contribution < 1.29 is 13.9 Å². The summed E-state index contributed by atoms with van der Waals surface area (Å²) in [4.78, 5) is 13.2. The van der Waals surface area contributed by atoms with Gasteiger partial charge in [-0.3, -0.25) is 0 Å². The second-order valence-electron chi connectivity index (χ2n) is 4.62. The summed E-state index contributed by atoms with van der Waals surface area (Å²) < 4.78 is 10.4. The zero-order valence-corrected chi connectivity index (χ0v) is 10.3. The fourth-order valence-electron chi connectivity index (χ4n) is 1.79. The second kappa shape index (κ2) is 4.73. The van der Waals surface area contributed by atoms with Gasteiger partial charge in [0.05, 0.1) is 6.10 Å². The molecule has 1 aliphatic rings. The molecule has 6 nitrogen and oxygen atoms in total. The van der Waals surface area contributed by atoms with Gasteiger partial charge in [-0.05, 0) is 13.8 Å². The van der Waals surface area contributed by atoms with E-state index >= 15 is 0 Å². The minimum atomic E-state index is -0.238. The summed E-state index contributed by atoms with van der Waals surface area (Å²) in [5, 5.41) is 7.70. The van der Waals surface area contributed by atoms with E-state index in [2.05, 4.69) is 10.2 Å². The van der Waals surface area contributed by atoms with Crippen LogP contribution in [-0.2, 0) is 11.2 Å². The van der Waals surface area contributed by atoms with Crippen molar-refractivity contribution in [3.05, 3.63) is 11.8 Å². The summed E-state index contributed by atoms with van der Waals surface area (Å²) in [6.07, 6.45) is 0.421. The second-order valence-corrected chi connectivity index (χ2v) is 4.62. The van der Waals surface area contributed by atoms with E-state index in [0.29, 0.717) is 30.8 Å². The molecule has 1 aliphatic heterocycles. The van der Waals surface area contributed by atoms with Crippen LogP contribution in [0.5, 0.6) is 0 Å². The lowest BCUT2D eigenvalue weighted by atomic mass is 9.97. The highest BCUT2D eigenvalue weighted by Crippen LogP contribution is 2.20. The Morgan fingerprint density at radius 3 is 2.76 bits per heavy atom. The van der Waals surface area contributed by atoms with E-state index in [-0.39, 0.29) is 12.2 Å². The zero-order valence-electron chi connectivity index (χ0n) is 10.3. The van der Waals surface area contributed by atoms with Crippen molar-refractivity contribution in [3.63, 3.8) is 0 Å². The summed E-state index contributed by atoms with van der Waals surface area (Å²) in [7, 11) is 0. The molecule has 0 radical (unpaired) electrons. The van der Waals surface area contributed by atoms with E-state index in [1.54, 1.807) is 11.8 Å². The third-order valence-electron chi connectivity index (χ3n) is 2.58. The van der Waals surface area contributed by atoms with Crippen molar-refractivity contribution in [2.45, 2.75) is 33.3 Å². The Morgan fingerprint density at radius 2 is 2.24 bits per heavy atom. The van der Waals surface area contributed by atoms with Crippen LogP contribution in [0.3, 0.4) is 0 Å². The fourth-order valence-corrected chi connectivity index (χ4v) is 1.79. The lowest BCUT2D eigenvalue weighted by molar-refractivity contribution is 0.0352. The highest BCUT2D eigenvalue weighted by Gasteiger charge is 2.33. The van der Waals surface area contributed by atoms with Gasteiger partial charge >= 0.3 is 6.09 Å². The van der Waals surface area contributed by atoms with Gasteiger partial charge in [0.15, 0.2) is 0 Å². The largest absolute Gasteiger partial charge is 0.447 e. The smallest absolute Gasteiger partial charge is 0.410 e. The van der Waals surface area contributed by atoms with Crippen LogP contribution in [0.4, 0.5) is 4.79 Å². The maximum Gasteiger partial charge on any atom is 0.410 e. The lowest BCUT2D eigenvalue weighted by Gasteiger charge is -2.38. The predicted molar refractivity (Wildman–Crippen MR) is 59.4 cm³/mol. The number of amides is 1. The van der Waals surface area contributed by atoms with Crippen LogP contribution in [0.1, 0.15) is 25.6 Å². The number of carbonyl (C=O) groups is 1. The SMILES string of the molecule is Cc1nnc(CC2CN(C(=O)OC(C)C)C2)o1. The standard InChI is InChI=1S/C11H17N3O3/c1-7(2)16-11(15)14-5-9(6-14)4-10-13-12-8(3)17-10/h7,9H,4-6H2,1-3H3. The van der Waals surface area contributed by atoms with E-state index in [4.69, 9.17) is 9.15 Å². The van der Waals surface area contributed by atoms with E-state index < -0.39 is 0 Å². The number of likely N-dealkylation sites (tertiary alicyclic amines) is 1. The minimum Gasteiger partial charge on any atom is -0.447 e. The first kappa shape index (κ1) is 11.9. The topological polar surface area (TPSA) is 68.5 Å². The lowest BCUT2D eigenvalue weighted by Crippen LogP contribution is -2.51. The number of hydrogen-bond donors (Lipinski definition) is 0. The number of aromatic nitrogens is 2. The molecule has 0 aliphatic carbocycles. The maximum atomic E-state index is 11.5. The third kappa shape index (κ3) is 2.95. The Bertz CT molecular complexity index is 396. The van der Waals surface area contributed by atoms with Gasteiger partial charge < -0.3 is 14.1 Å². The number of rotatable bonds is 3. The van der Waals surface area contributed by atoms with Crippen LogP contribution in [0, 0.1) is 12.8 Å². The predicted octanol–water partition coefficient (Wildman–Crippen LogP) is 1.40. The van der Waals surface area contributed by atoms with E-state index in [1.165, 1.54) is 0 Å². The van der Waals surface area contributed by atoms with Gasteiger partial charge in [0.2, 0.25) is 11.8 Å². The molecule has 1 fully saturated rings. The summed E-state index contributed by atoms with van der Waals surface area (Å²) in [5.41, 5.74) is 0. The van der Waals surface area contributed by atoms with Gasteiger partial charge in [0, 0.05) is 32.4 Å². The molecule has 0 atom stereocenters. The molecule has 1 amide bonds. The van der Waals surface area contributed by atoms with Gasteiger partial charge in [-0.1, -0.05) is 0 Å². The van der Waals surface area contributed by atoms with E-state index in [9.17, 15) is 4.79 Å². The molecule has 0 aromatic carbocycles. The Kier molecular flexibility index (Phi) is 3.31. The van der Waals surface area contributed by atoms with Gasteiger partial charge in [-0.25, -0.2) is 4.79 Å². The Hall–Kier alpha value is -1.59. The molecular formula is C11H17N3O3. The first-order chi connectivity index (χ1) is 8.04. The van der Waals surface area contributed by atoms with Crippen molar-refractivity contribution in [1.29, 1.82) is 0 Å². The Morgan fingerprint density at radius 1 is 1.53 bits per heavy atom. The first-order valence-corrected chi connectivity index (χ1v) is 5.79. The molecule has 1 saturated heterocycles. The molecule has 0 spiro atoms. The van der Waals surface area contributed by atoms with Crippen molar-refractivity contribution in [1.82, 2.24) is 15.1 Å². The van der Waals surface area contributed by atoms with Crippen molar-refractivity contribution in [2.24, 2.45) is 5.92 Å². The Balaban J connectivity index is 1.74. The number of hydrogen-bond acceptors (Lipinski definition) is 5. The summed E-state index contributed by atoms with van der Waals surface area (Å²) in [5.74, 6) is 1.62. The normalized spacial score (nSPS) is 16.1. The van der Waals surface area contributed by atoms with Crippen molar-refractivity contribution in [3.8, 4) is 0 Å². The van der Waals surface area contributed by atoms with Crippen molar-refractivity contribution >= 4 is 6.09 Å². The van der Waals surface area contributed by atoms with Gasteiger partial charge in [0.1, 0.15) is 0 Å². The summed E-state index contributed by atoms with van der Waals surface area (Å²) >= 11 is 0. The molecule has 2 heterocycles. The number of nitrogens with zero attached hydrogens (tertiary/aromatic N) is 3. The first-order valence-electron chi connectivity index (χ1n) is 5.79. The number of carbonyl (C=O) groups excluding carboxylic acids is 1. The zero-order chi connectivity index (χ0) is 12.4. The van der Waals surface area contributed by atoms with Gasteiger partial charge in [-0.15, -0.1) is 10.2 Å². The molecular weight excluding hydrogens is 222 g/mol. The van der Waals surface area contributed by atoms with Crippen LogP contribution in [0.2, 0.25) is 0 Å². The summed E-state index contributed by atoms with van der Waals surface area (Å²) in [6.45, 7) is 6.86. The molecule has 1 aromatic rings. The number of ether oxygens (including phenoxy) is 1. The van der Waals surface area contributed by atoms with Crippen LogP contribution in [0.25, 0.3) is 0 Å². The van der Waals surface area contributed by atoms with Crippen molar-refractivity contribution in [2.75, 3.05) is 13.1 Å². The van der Waals surface area contributed by atoms with Gasteiger partial charge in [-0.2, -0.15) is 0 Å². The summed E-state index contributed by atoms with van der Waals surface area (Å²) in [6, 6.07) is 0. The highest BCUT2D eigenvalue weighted by atomic mass is 16.6. The molecule has 0 saturated carbocycles. The third-order valence-corrected chi connectivity index (χ3v) is 2.58. The van der Waals surface area contributed by atoms with E-state index in [1.807, 2.05) is 13.8 Å². The minimum absolute atomic E-state index is 0.0693. The van der Waals surface area contributed by atoms with Crippen LogP contribution >= 0.6 is 0 Å². The van der Waals surface area contributed by atoms with E-state index in [0.717, 1.165) is 6.42 Å². The molecule has 2 rings (SSSR count). The monoisotopic (exact) mass is 239 g/mol. The quantitative estimate of drug-likeness (QED) is 0.797. The average Bonchev–Trinajstić information content (AvgIpc) is 2.55. The molecule has 6 heteroatoms. The number of aryl methyl sites for hydroxylation is 1.